The molecule has 0 saturated carbocycles. The lowest BCUT2D eigenvalue weighted by atomic mass is 9.82. The summed E-state index contributed by atoms with van der Waals surface area (Å²) in [5.41, 5.74) is 0.0781. The lowest BCUT2D eigenvalue weighted by Gasteiger charge is -2.37. The highest BCUT2D eigenvalue weighted by atomic mass is 35.5. The zero-order chi connectivity index (χ0) is 32.5. The molecule has 2 aromatic carbocycles. The highest BCUT2D eigenvalue weighted by Crippen LogP contribution is 2.60. The molecule has 1 spiro atoms. The maximum absolute atomic E-state index is 14.7. The van der Waals surface area contributed by atoms with Crippen LogP contribution < -0.4 is 14.8 Å². The number of anilines is 1. The Morgan fingerprint density at radius 2 is 1.87 bits per heavy atom. The summed E-state index contributed by atoms with van der Waals surface area (Å²) in [7, 11) is 0.590. The Bertz CT molecular complexity index is 1420. The van der Waals surface area contributed by atoms with Crippen LogP contribution in [0.25, 0.3) is 0 Å². The van der Waals surface area contributed by atoms with Crippen molar-refractivity contribution in [2.24, 2.45) is 5.92 Å². The van der Waals surface area contributed by atoms with E-state index in [0.717, 1.165) is 29.8 Å². The van der Waals surface area contributed by atoms with Crippen LogP contribution in [0.2, 0.25) is 23.7 Å². The number of likely N-dealkylation sites (tertiary alicyclic amines) is 1. The summed E-state index contributed by atoms with van der Waals surface area (Å²) in [5, 5.41) is 11.6. The predicted octanol–water partition coefficient (Wildman–Crippen LogP) is 4.63. The average Bonchev–Trinajstić information content (AvgIpc) is 3.69. The fourth-order valence-corrected chi connectivity index (χ4v) is 12.2. The van der Waals surface area contributed by atoms with Crippen LogP contribution in [0, 0.1) is 5.92 Å². The van der Waals surface area contributed by atoms with E-state index in [4.69, 9.17) is 25.8 Å². The van der Waals surface area contributed by atoms with Gasteiger partial charge in [0.25, 0.3) is 5.91 Å². The van der Waals surface area contributed by atoms with Crippen molar-refractivity contribution >= 4 is 48.3 Å². The minimum absolute atomic E-state index is 0.0539. The molecule has 2 amide bonds. The average molecular weight is 657 g/mol. The number of aliphatic hydroxyl groups is 1. The van der Waals surface area contributed by atoms with E-state index in [2.05, 4.69) is 32.2 Å². The molecule has 0 bridgehead atoms. The normalized spacial score (nSPS) is 26.1. The highest BCUT2D eigenvalue weighted by molar-refractivity contribution is 6.91. The van der Waals surface area contributed by atoms with Crippen LogP contribution in [0.3, 0.4) is 0 Å². The number of rotatable bonds is 11. The molecule has 45 heavy (non-hydrogen) atoms. The van der Waals surface area contributed by atoms with E-state index in [1.165, 1.54) is 12.3 Å². The van der Waals surface area contributed by atoms with E-state index in [0.29, 0.717) is 31.0 Å². The van der Waals surface area contributed by atoms with Gasteiger partial charge in [-0.25, -0.2) is 0 Å². The molecule has 9 nitrogen and oxygen atoms in total. The van der Waals surface area contributed by atoms with Gasteiger partial charge in [0.15, 0.2) is 5.60 Å². The number of esters is 1. The number of amides is 2. The number of fused-ring (bicyclic) bond motifs is 2. The number of ether oxygens (including phenoxy) is 3. The Hall–Kier alpha value is -2.92. The molecular formula is C34H45ClN2O7Si. The molecule has 2 fully saturated rings. The Morgan fingerprint density at radius 3 is 2.53 bits per heavy atom. The Balaban J connectivity index is 1.54. The van der Waals surface area contributed by atoms with Crippen LogP contribution >= 0.6 is 11.6 Å². The summed E-state index contributed by atoms with van der Waals surface area (Å²) in [4.78, 5) is 43.8. The number of benzene rings is 2. The van der Waals surface area contributed by atoms with E-state index >= 15 is 0 Å². The second-order valence-corrected chi connectivity index (χ2v) is 18.2. The summed E-state index contributed by atoms with van der Waals surface area (Å²) >= 11 is 6.57. The summed E-state index contributed by atoms with van der Waals surface area (Å²) in [6.45, 7) is 7.61. The summed E-state index contributed by atoms with van der Waals surface area (Å²) in [6, 6.07) is 13.4. The minimum Gasteiger partial charge on any atom is -0.497 e. The number of carbonyl (C=O) groups is 3. The van der Waals surface area contributed by atoms with Gasteiger partial charge < -0.3 is 29.1 Å². The first-order valence-electron chi connectivity index (χ1n) is 15.9. The van der Waals surface area contributed by atoms with Gasteiger partial charge in [-0.3, -0.25) is 14.4 Å². The Morgan fingerprint density at radius 1 is 1.13 bits per heavy atom. The zero-order valence-electron chi connectivity index (χ0n) is 26.9. The van der Waals surface area contributed by atoms with Gasteiger partial charge in [0.05, 0.1) is 53.2 Å². The highest BCUT2D eigenvalue weighted by Gasteiger charge is 2.66. The van der Waals surface area contributed by atoms with E-state index in [9.17, 15) is 19.5 Å². The van der Waals surface area contributed by atoms with Crippen LogP contribution in [-0.4, -0.2) is 81.9 Å². The van der Waals surface area contributed by atoms with Crippen LogP contribution in [0.15, 0.2) is 42.5 Å². The van der Waals surface area contributed by atoms with Gasteiger partial charge >= 0.3 is 5.97 Å². The summed E-state index contributed by atoms with van der Waals surface area (Å²) < 4.78 is 17.3. The molecule has 0 unspecified atom stereocenters. The Labute approximate surface area is 271 Å². The maximum atomic E-state index is 14.7. The van der Waals surface area contributed by atoms with Crippen molar-refractivity contribution in [1.29, 1.82) is 0 Å². The number of hydrogen-bond donors (Lipinski definition) is 1. The number of methoxy groups -OCH3 is 2. The maximum Gasteiger partial charge on any atom is 0.305 e. The molecule has 1 N–H and O–H groups in total. The van der Waals surface area contributed by atoms with Gasteiger partial charge in [-0.1, -0.05) is 48.9 Å². The number of hydrogen-bond acceptors (Lipinski definition) is 7. The van der Waals surface area contributed by atoms with Crippen molar-refractivity contribution in [1.82, 2.24) is 4.90 Å². The van der Waals surface area contributed by atoms with Gasteiger partial charge in [-0.05, 0) is 61.6 Å². The molecule has 3 aliphatic rings. The molecule has 5 rings (SSSR count). The van der Waals surface area contributed by atoms with Crippen LogP contribution in [0.5, 0.6) is 5.75 Å². The molecule has 2 aromatic rings. The van der Waals surface area contributed by atoms with Gasteiger partial charge in [0, 0.05) is 36.0 Å². The second-order valence-electron chi connectivity index (χ2n) is 13.1. The molecule has 5 atom stereocenters. The quantitative estimate of drug-likeness (QED) is 0.214. The fourth-order valence-electron chi connectivity index (χ4n) is 7.99. The Kier molecular flexibility index (Phi) is 9.98. The largest absolute Gasteiger partial charge is 0.497 e. The SMILES string of the molecule is COC(=O)CCCCN1C(=O)[C@@]2(O[C@@H](CC(=O)N3CCC[C@H]3CO)[C@H]([Si](C)(C)c3ccc(OC)cc3)[C@H]2C)c2cc(Cl)ccc21. The van der Waals surface area contributed by atoms with Crippen molar-refractivity contribution in [3.05, 3.63) is 53.1 Å². The van der Waals surface area contributed by atoms with Crippen molar-refractivity contribution in [2.45, 2.75) is 81.8 Å². The fraction of sp³-hybridized carbons (Fsp3) is 0.559. The van der Waals surface area contributed by atoms with Gasteiger partial charge in [0.1, 0.15) is 5.75 Å². The third-order valence-electron chi connectivity index (χ3n) is 10.3. The van der Waals surface area contributed by atoms with Crippen molar-refractivity contribution in [2.75, 3.05) is 38.8 Å². The van der Waals surface area contributed by atoms with E-state index in [-0.39, 0.29) is 54.7 Å². The third-order valence-corrected chi connectivity index (χ3v) is 14.9. The summed E-state index contributed by atoms with van der Waals surface area (Å²) in [6.07, 6.45) is 2.72. The molecule has 3 aliphatic heterocycles. The van der Waals surface area contributed by atoms with E-state index in [1.807, 2.05) is 24.3 Å². The van der Waals surface area contributed by atoms with Crippen molar-refractivity contribution in [3.8, 4) is 5.75 Å². The molecule has 3 heterocycles. The van der Waals surface area contributed by atoms with Crippen LogP contribution in [-0.2, 0) is 29.5 Å². The number of nitrogens with zero attached hydrogens (tertiary/aromatic N) is 2. The van der Waals surface area contributed by atoms with Crippen LogP contribution in [0.1, 0.15) is 51.0 Å². The molecule has 0 aliphatic carbocycles. The zero-order valence-corrected chi connectivity index (χ0v) is 28.6. The predicted molar refractivity (Wildman–Crippen MR) is 176 cm³/mol. The first kappa shape index (κ1) is 33.4. The van der Waals surface area contributed by atoms with Crippen LogP contribution in [0.4, 0.5) is 5.69 Å². The molecule has 0 aromatic heterocycles. The standard InChI is InChI=1S/C34H45ClN2O7Si/c1-22-32(45(4,5)26-14-12-25(42-2)13-15-26)29(20-30(39)36-18-8-9-24(36)21-38)44-34(22)27-19-23(35)11-16-28(27)37(33(34)41)17-7-6-10-31(40)43-3/h11-16,19,22,24,29,32,38H,6-10,17-18,20-21H2,1-5H3/t22-,24+,29+,32-,34+/m1/s1. The molecule has 11 heteroatoms. The van der Waals surface area contributed by atoms with E-state index < -0.39 is 19.8 Å². The molecule has 244 valence electrons. The molecular weight excluding hydrogens is 612 g/mol. The van der Waals surface area contributed by atoms with Gasteiger partial charge in [-0.15, -0.1) is 0 Å². The van der Waals surface area contributed by atoms with E-state index in [1.54, 1.807) is 23.0 Å². The number of unbranched alkanes of at least 4 members (excludes halogenated alkanes) is 1. The number of halogens is 1. The molecule has 0 radical (unpaired) electrons. The smallest absolute Gasteiger partial charge is 0.305 e. The second kappa shape index (κ2) is 13.4. The topological polar surface area (TPSA) is 106 Å². The third kappa shape index (κ3) is 6.02. The van der Waals surface area contributed by atoms with Gasteiger partial charge in [-0.2, -0.15) is 0 Å². The monoisotopic (exact) mass is 656 g/mol. The van der Waals surface area contributed by atoms with Crippen molar-refractivity contribution < 1.29 is 33.7 Å². The van der Waals surface area contributed by atoms with Crippen molar-refractivity contribution in [3.63, 3.8) is 0 Å². The number of carbonyl (C=O) groups excluding carboxylic acids is 3. The first-order chi connectivity index (χ1) is 21.5. The van der Waals surface area contributed by atoms with Gasteiger partial charge in [0.2, 0.25) is 5.91 Å². The summed E-state index contributed by atoms with van der Waals surface area (Å²) in [5.74, 6) is 0.0163. The lowest BCUT2D eigenvalue weighted by Crippen LogP contribution is -2.52. The minimum atomic E-state index is -2.42. The molecule has 2 saturated heterocycles. The number of aliphatic hydroxyl groups excluding tert-OH is 1. The lowest BCUT2D eigenvalue weighted by molar-refractivity contribution is -0.150. The first-order valence-corrected chi connectivity index (χ1v) is 19.4.